The lowest BCUT2D eigenvalue weighted by molar-refractivity contribution is 0.984. The number of aromatic nitrogens is 3. The number of nitrogen functional groups attached to an aromatic ring is 1. The summed E-state index contributed by atoms with van der Waals surface area (Å²) in [6, 6.07) is 4.13. The molecule has 0 radical (unpaired) electrons. The molecule has 0 unspecified atom stereocenters. The molecule has 0 aliphatic rings. The molecular formula is C32H69N9O3S. The molecule has 45 heavy (non-hydrogen) atoms. The van der Waals surface area contributed by atoms with Gasteiger partial charge in [0.1, 0.15) is 5.82 Å². The Labute approximate surface area is 278 Å². The van der Waals surface area contributed by atoms with Gasteiger partial charge >= 0.3 is 0 Å². The molecule has 2 rings (SSSR count). The first-order chi connectivity index (χ1) is 21.7. The number of hydrogen-bond donors (Lipinski definition) is 3. The molecular weight excluding hydrogens is 590 g/mol. The van der Waals surface area contributed by atoms with E-state index < -0.39 is 10.6 Å². The zero-order chi connectivity index (χ0) is 38.0. The van der Waals surface area contributed by atoms with Crippen LogP contribution in [-0.4, -0.2) is 22.0 Å². The van der Waals surface area contributed by atoms with Gasteiger partial charge in [0.15, 0.2) is 10.6 Å². The zero-order valence-corrected chi connectivity index (χ0v) is 32.9. The van der Waals surface area contributed by atoms with Crippen molar-refractivity contribution in [2.24, 2.45) is 13.7 Å². The third-order valence-corrected chi connectivity index (χ3v) is 5.01. The number of rotatable bonds is 7. The van der Waals surface area contributed by atoms with Crippen molar-refractivity contribution < 1.29 is 0 Å². The van der Waals surface area contributed by atoms with Crippen molar-refractivity contribution in [3.63, 3.8) is 0 Å². The molecule has 0 saturated carbocycles. The number of benzene rings is 1. The first-order valence-corrected chi connectivity index (χ1v) is 17.3. The van der Waals surface area contributed by atoms with Crippen molar-refractivity contribution in [3.05, 3.63) is 63.6 Å². The van der Waals surface area contributed by atoms with Crippen LogP contribution < -0.4 is 16.4 Å². The van der Waals surface area contributed by atoms with Crippen molar-refractivity contribution in [3.8, 4) is 0 Å². The van der Waals surface area contributed by atoms with Crippen LogP contribution in [0.2, 0.25) is 0 Å². The second kappa shape index (κ2) is 49.9. The molecule has 12 nitrogen and oxygen atoms in total. The van der Waals surface area contributed by atoms with Gasteiger partial charge < -0.3 is 16.4 Å². The van der Waals surface area contributed by atoms with Crippen molar-refractivity contribution in [1.82, 2.24) is 15.0 Å². The van der Waals surface area contributed by atoms with E-state index in [4.69, 9.17) is 5.73 Å². The molecule has 0 aliphatic heterocycles. The summed E-state index contributed by atoms with van der Waals surface area (Å²) in [5.74, 6) is 1.12. The van der Waals surface area contributed by atoms with E-state index in [1.807, 2.05) is 104 Å². The lowest BCUT2D eigenvalue weighted by Crippen LogP contribution is -2.05. The third-order valence-electron chi connectivity index (χ3n) is 3.42. The van der Waals surface area contributed by atoms with Crippen LogP contribution >= 0.6 is 10.6 Å². The second-order valence-electron chi connectivity index (χ2n) is 5.77. The van der Waals surface area contributed by atoms with E-state index in [2.05, 4.69) is 72.4 Å². The minimum Gasteiger partial charge on any atom is -0.398 e. The number of nitroso groups, excluding NO2 is 3. The average Bonchev–Trinajstić information content (AvgIpc) is 3.13. The lowest BCUT2D eigenvalue weighted by atomic mass is 10.3. The highest BCUT2D eigenvalue weighted by molar-refractivity contribution is 8.30. The van der Waals surface area contributed by atoms with Crippen LogP contribution in [0.1, 0.15) is 124 Å². The Morgan fingerprint density at radius 2 is 1.11 bits per heavy atom. The molecule has 0 atom stereocenters. The van der Waals surface area contributed by atoms with Gasteiger partial charge in [0, 0.05) is 26.5 Å². The van der Waals surface area contributed by atoms with E-state index in [0.29, 0.717) is 17.5 Å². The van der Waals surface area contributed by atoms with Crippen LogP contribution in [0.25, 0.3) is 0 Å². The Bertz CT molecular complexity index is 920. The largest absolute Gasteiger partial charge is 0.398 e. The van der Waals surface area contributed by atoms with Crippen molar-refractivity contribution in [2.75, 3.05) is 23.4 Å². The van der Waals surface area contributed by atoms with E-state index >= 15 is 0 Å². The number of allylic oxidation sites excluding steroid dienone is 2. The zero-order valence-electron chi connectivity index (χ0n) is 32.1. The fraction of sp³-hybridized carbons (Fsp3) is 0.594. The molecule has 1 heterocycles. The SMILES string of the molecule is C=C.CC.CC.CC.CC.CC.CC.CC.CC=C(C)C.CNc1nc(C)nc(Nc2ccc(S(N=O)(N=O)N=O)c(N)c2)n1. The van der Waals surface area contributed by atoms with Crippen molar-refractivity contribution in [2.45, 2.75) is 130 Å². The molecule has 1 aromatic carbocycles. The van der Waals surface area contributed by atoms with Gasteiger partial charge in [-0.2, -0.15) is 15.0 Å². The molecule has 1 aromatic heterocycles. The molecule has 2 aromatic rings. The number of aryl methyl sites for hydroxylation is 1. The smallest absolute Gasteiger partial charge is 0.232 e. The molecule has 266 valence electrons. The number of nitrogens with zero attached hydrogens (tertiary/aromatic N) is 6. The Balaban J connectivity index is -0.0000000911. The summed E-state index contributed by atoms with van der Waals surface area (Å²) in [6.45, 7) is 41.9. The number of nitrogens with one attached hydrogen (secondary N) is 2. The third kappa shape index (κ3) is 30.1. The highest BCUT2D eigenvalue weighted by Gasteiger charge is 2.33. The molecule has 0 fully saturated rings. The maximum atomic E-state index is 10.8. The maximum Gasteiger partial charge on any atom is 0.232 e. The van der Waals surface area contributed by atoms with Crippen LogP contribution in [0.15, 0.2) is 61.6 Å². The van der Waals surface area contributed by atoms with Crippen LogP contribution in [0.4, 0.5) is 23.3 Å². The summed E-state index contributed by atoms with van der Waals surface area (Å²) in [7, 11) is -1.96. The molecule has 13 heteroatoms. The predicted octanol–water partition coefficient (Wildman–Crippen LogP) is 12.7. The Kier molecular flexibility index (Phi) is 67.1. The summed E-state index contributed by atoms with van der Waals surface area (Å²) >= 11 is 0. The summed E-state index contributed by atoms with van der Waals surface area (Å²) < 4.78 is 7.41. The molecule has 4 N–H and O–H groups in total. The van der Waals surface area contributed by atoms with Gasteiger partial charge in [-0.3, -0.25) is 0 Å². The number of anilines is 4. The first-order valence-electron chi connectivity index (χ1n) is 15.8. The fourth-order valence-electron chi connectivity index (χ4n) is 1.82. The molecule has 0 bridgehead atoms. The Morgan fingerprint density at radius 1 is 0.756 bits per heavy atom. The van der Waals surface area contributed by atoms with Gasteiger partial charge in [-0.05, 0) is 45.9 Å². The summed E-state index contributed by atoms with van der Waals surface area (Å²) in [6.07, 6.45) is 2.08. The van der Waals surface area contributed by atoms with E-state index in [-0.39, 0.29) is 16.5 Å². The van der Waals surface area contributed by atoms with Gasteiger partial charge in [-0.25, -0.2) is 0 Å². The minimum absolute atomic E-state index is 0.0339. The van der Waals surface area contributed by atoms with Crippen LogP contribution in [-0.2, 0) is 0 Å². The molecule has 0 amide bonds. The molecule has 0 aliphatic carbocycles. The van der Waals surface area contributed by atoms with Crippen molar-refractivity contribution >= 4 is 33.9 Å². The van der Waals surface area contributed by atoms with Gasteiger partial charge in [-0.1, -0.05) is 109 Å². The van der Waals surface area contributed by atoms with Gasteiger partial charge in [0.25, 0.3) is 0 Å². The molecule has 0 saturated heterocycles. The first kappa shape index (κ1) is 60.5. The topological polar surface area (TPSA) is 177 Å². The quantitative estimate of drug-likeness (QED) is 0.148. The van der Waals surface area contributed by atoms with Gasteiger partial charge in [0.2, 0.25) is 11.9 Å². The predicted molar refractivity (Wildman–Crippen MR) is 207 cm³/mol. The monoisotopic (exact) mass is 660 g/mol. The number of hydrogen-bond acceptors (Lipinski definition) is 12. The highest BCUT2D eigenvalue weighted by Crippen LogP contribution is 2.61. The van der Waals surface area contributed by atoms with Crippen LogP contribution in [0.3, 0.4) is 0 Å². The summed E-state index contributed by atoms with van der Waals surface area (Å²) in [4.78, 5) is 44.6. The van der Waals surface area contributed by atoms with Gasteiger partial charge in [-0.15, -0.1) is 27.9 Å². The standard InChI is InChI=1S/C11H13N9O3S.C5H10.7C2H6.C2H4/c1-6-14-10(13-2)17-11(15-6)16-7-3-4-9(8(12)5-7)24(18-21,19-22)20-23;1-4-5(2)3;8*1-2/h3-5H,12H2,1-2H3,(H2,13,14,15,16,17);4H,1-3H3;7*1-2H3;1-2H2. The average molecular weight is 660 g/mol. The van der Waals surface area contributed by atoms with Crippen molar-refractivity contribution in [1.29, 1.82) is 0 Å². The highest BCUT2D eigenvalue weighted by atomic mass is 32.3. The van der Waals surface area contributed by atoms with Gasteiger partial charge in [0.05, 0.1) is 10.6 Å². The Hall–Kier alpha value is -3.74. The van der Waals surface area contributed by atoms with E-state index in [1.54, 1.807) is 14.0 Å². The lowest BCUT2D eigenvalue weighted by Gasteiger charge is -2.17. The van der Waals surface area contributed by atoms with Crippen LogP contribution in [0, 0.1) is 21.6 Å². The molecule has 0 spiro atoms. The van der Waals surface area contributed by atoms with E-state index in [9.17, 15) is 14.7 Å². The second-order valence-corrected chi connectivity index (χ2v) is 7.69. The van der Waals surface area contributed by atoms with Crippen LogP contribution in [0.5, 0.6) is 0 Å². The maximum absolute atomic E-state index is 10.8. The normalized spacial score (nSPS) is 7.89. The summed E-state index contributed by atoms with van der Waals surface area (Å²) in [5.41, 5.74) is 7.60. The van der Waals surface area contributed by atoms with E-state index in [1.165, 1.54) is 23.8 Å². The fourth-order valence-corrected chi connectivity index (χ4v) is 2.76. The van der Waals surface area contributed by atoms with E-state index in [0.717, 1.165) is 0 Å². The summed E-state index contributed by atoms with van der Waals surface area (Å²) in [5, 5.41) is 5.69. The number of nitrogens with two attached hydrogens (primary N) is 1. The Morgan fingerprint density at radius 3 is 1.40 bits per heavy atom. The minimum atomic E-state index is -3.62.